The van der Waals surface area contributed by atoms with E-state index in [4.69, 9.17) is 9.90 Å². The lowest BCUT2D eigenvalue weighted by Gasteiger charge is -1.85. The standard InChI is InChI=1S/C7H5O2.CH3NO2/c8-7(9)6-4-2-1-3-5-6;2-1(3)4/h1-5H;2H2,(H,3,4). The van der Waals surface area contributed by atoms with E-state index in [1.165, 1.54) is 12.1 Å². The Morgan fingerprint density at radius 1 is 1.15 bits per heavy atom. The van der Waals surface area contributed by atoms with Crippen LogP contribution in [0.2, 0.25) is 0 Å². The summed E-state index contributed by atoms with van der Waals surface area (Å²) in [6.45, 7) is 0. The Hall–Kier alpha value is -2.04. The Morgan fingerprint density at radius 2 is 1.54 bits per heavy atom. The van der Waals surface area contributed by atoms with Crippen LogP contribution >= 0.6 is 0 Å². The van der Waals surface area contributed by atoms with Gasteiger partial charge in [0.2, 0.25) is 0 Å². The molecule has 1 rings (SSSR count). The summed E-state index contributed by atoms with van der Waals surface area (Å²) >= 11 is 0. The largest absolute Gasteiger partial charge is 0.465 e. The van der Waals surface area contributed by atoms with Gasteiger partial charge < -0.3 is 10.8 Å². The van der Waals surface area contributed by atoms with Crippen LogP contribution < -0.4 is 5.73 Å². The maximum Gasteiger partial charge on any atom is 0.402 e. The van der Waals surface area contributed by atoms with E-state index in [9.17, 15) is 9.90 Å². The SMILES string of the molecule is NC(=O)O.[O]C(=O)c1ccccc1. The molecule has 1 amide bonds. The highest BCUT2D eigenvalue weighted by atomic mass is 16.4. The summed E-state index contributed by atoms with van der Waals surface area (Å²) in [4.78, 5) is 18.9. The molecule has 1 radical (unpaired) electrons. The molecular formula is C8H8NO4. The Labute approximate surface area is 74.4 Å². The summed E-state index contributed by atoms with van der Waals surface area (Å²) in [5.41, 5.74) is 4.25. The molecule has 0 unspecified atom stereocenters. The van der Waals surface area contributed by atoms with Crippen molar-refractivity contribution < 1.29 is 19.8 Å². The van der Waals surface area contributed by atoms with E-state index in [0.29, 0.717) is 0 Å². The average molecular weight is 182 g/mol. The Bertz CT molecular complexity index is 279. The fourth-order valence-corrected chi connectivity index (χ4v) is 0.574. The number of primary amides is 1. The molecule has 0 saturated heterocycles. The van der Waals surface area contributed by atoms with Crippen LogP contribution in [-0.4, -0.2) is 17.2 Å². The summed E-state index contributed by atoms with van der Waals surface area (Å²) in [5.74, 6) is -1.13. The van der Waals surface area contributed by atoms with Crippen molar-refractivity contribution in [3.8, 4) is 0 Å². The van der Waals surface area contributed by atoms with Gasteiger partial charge in [-0.3, -0.25) is 0 Å². The number of carboxylic acid groups (broad SMARTS) is 1. The van der Waals surface area contributed by atoms with Crippen LogP contribution in [0.4, 0.5) is 4.79 Å². The molecule has 0 saturated carbocycles. The lowest BCUT2D eigenvalue weighted by molar-refractivity contribution is 0.0573. The van der Waals surface area contributed by atoms with Gasteiger partial charge in [0.1, 0.15) is 0 Å². The van der Waals surface area contributed by atoms with Crippen molar-refractivity contribution in [3.05, 3.63) is 35.9 Å². The highest BCUT2D eigenvalue weighted by Crippen LogP contribution is 1.96. The topological polar surface area (TPSA) is 100 Å². The van der Waals surface area contributed by atoms with Crippen LogP contribution in [0.3, 0.4) is 0 Å². The molecule has 1 aromatic rings. The van der Waals surface area contributed by atoms with Gasteiger partial charge in [-0.2, -0.15) is 0 Å². The molecule has 0 bridgehead atoms. The summed E-state index contributed by atoms with van der Waals surface area (Å²) < 4.78 is 0. The van der Waals surface area contributed by atoms with Gasteiger partial charge in [0.25, 0.3) is 0 Å². The molecule has 5 nitrogen and oxygen atoms in total. The van der Waals surface area contributed by atoms with Gasteiger partial charge in [-0.15, -0.1) is 0 Å². The van der Waals surface area contributed by atoms with Crippen LogP contribution in [0.15, 0.2) is 30.3 Å². The smallest absolute Gasteiger partial charge is 0.402 e. The molecule has 0 heterocycles. The molecule has 0 aliphatic rings. The predicted molar refractivity (Wildman–Crippen MR) is 43.7 cm³/mol. The van der Waals surface area contributed by atoms with Crippen molar-refractivity contribution in [1.82, 2.24) is 0 Å². The van der Waals surface area contributed by atoms with Gasteiger partial charge in [0.15, 0.2) is 0 Å². The molecule has 1 aromatic carbocycles. The maximum atomic E-state index is 10.1. The third-order valence-electron chi connectivity index (χ3n) is 1.01. The monoisotopic (exact) mass is 182 g/mol. The van der Waals surface area contributed by atoms with Gasteiger partial charge in [0, 0.05) is 0 Å². The van der Waals surface area contributed by atoms with Crippen LogP contribution in [-0.2, 0) is 5.11 Å². The quantitative estimate of drug-likeness (QED) is 0.674. The number of carbonyl (C=O) groups is 2. The zero-order chi connectivity index (χ0) is 10.3. The first-order chi connectivity index (χ1) is 6.04. The Kier molecular flexibility index (Phi) is 4.71. The normalized spacial score (nSPS) is 8.00. The molecule has 0 atom stereocenters. The molecule has 0 fully saturated rings. The fourth-order valence-electron chi connectivity index (χ4n) is 0.574. The van der Waals surface area contributed by atoms with Crippen molar-refractivity contribution in [2.75, 3.05) is 0 Å². The van der Waals surface area contributed by atoms with E-state index < -0.39 is 12.1 Å². The van der Waals surface area contributed by atoms with Crippen molar-refractivity contribution in [2.45, 2.75) is 0 Å². The van der Waals surface area contributed by atoms with Gasteiger partial charge in [-0.05, 0) is 12.1 Å². The van der Waals surface area contributed by atoms with Gasteiger partial charge in [-0.25, -0.2) is 14.7 Å². The summed E-state index contributed by atoms with van der Waals surface area (Å²) in [5, 5.41) is 17.3. The number of hydrogen-bond donors (Lipinski definition) is 2. The van der Waals surface area contributed by atoms with Gasteiger partial charge in [0.05, 0.1) is 5.56 Å². The molecule has 0 spiro atoms. The second kappa shape index (κ2) is 5.59. The first-order valence-electron chi connectivity index (χ1n) is 3.29. The summed E-state index contributed by atoms with van der Waals surface area (Å²) in [6, 6.07) is 8.06. The number of nitrogens with two attached hydrogens (primary N) is 1. The van der Waals surface area contributed by atoms with Crippen molar-refractivity contribution >= 4 is 12.1 Å². The highest BCUT2D eigenvalue weighted by Gasteiger charge is 1.99. The van der Waals surface area contributed by atoms with Crippen LogP contribution in [0.5, 0.6) is 0 Å². The molecule has 13 heavy (non-hydrogen) atoms. The number of hydrogen-bond acceptors (Lipinski definition) is 2. The lowest BCUT2D eigenvalue weighted by atomic mass is 10.2. The molecule has 5 heteroatoms. The first-order valence-corrected chi connectivity index (χ1v) is 3.29. The number of amides is 1. The third-order valence-corrected chi connectivity index (χ3v) is 1.01. The first kappa shape index (κ1) is 11.0. The average Bonchev–Trinajstić information content (AvgIpc) is 2.05. The number of benzene rings is 1. The van der Waals surface area contributed by atoms with Crippen LogP contribution in [0, 0.1) is 0 Å². The summed E-state index contributed by atoms with van der Waals surface area (Å²) in [7, 11) is 0. The second-order valence-corrected chi connectivity index (χ2v) is 1.99. The van der Waals surface area contributed by atoms with E-state index in [1.54, 1.807) is 18.2 Å². The molecule has 0 aliphatic heterocycles. The third kappa shape index (κ3) is 6.36. The van der Waals surface area contributed by atoms with E-state index in [2.05, 4.69) is 5.73 Å². The zero-order valence-electron chi connectivity index (χ0n) is 6.64. The van der Waals surface area contributed by atoms with Crippen molar-refractivity contribution in [2.24, 2.45) is 5.73 Å². The van der Waals surface area contributed by atoms with Crippen LogP contribution in [0.1, 0.15) is 10.4 Å². The van der Waals surface area contributed by atoms with Gasteiger partial charge >= 0.3 is 12.1 Å². The van der Waals surface area contributed by atoms with E-state index in [0.717, 1.165) is 0 Å². The zero-order valence-corrected chi connectivity index (χ0v) is 6.64. The number of carbonyl (C=O) groups excluding carboxylic acids is 1. The maximum absolute atomic E-state index is 10.1. The predicted octanol–water partition coefficient (Wildman–Crippen LogP) is 0.880. The Morgan fingerprint density at radius 3 is 1.77 bits per heavy atom. The van der Waals surface area contributed by atoms with E-state index >= 15 is 0 Å². The Balaban J connectivity index is 0.000000310. The van der Waals surface area contributed by atoms with Crippen molar-refractivity contribution in [1.29, 1.82) is 0 Å². The molecule has 0 aromatic heterocycles. The minimum Gasteiger partial charge on any atom is -0.465 e. The van der Waals surface area contributed by atoms with E-state index in [1.807, 2.05) is 0 Å². The summed E-state index contributed by atoms with van der Waals surface area (Å²) in [6.07, 6.45) is -1.33. The van der Waals surface area contributed by atoms with E-state index in [-0.39, 0.29) is 5.56 Å². The molecule has 3 N–H and O–H groups in total. The molecular weight excluding hydrogens is 174 g/mol. The second-order valence-electron chi connectivity index (χ2n) is 1.99. The minimum absolute atomic E-state index is 0.220. The molecule has 0 aliphatic carbocycles. The minimum atomic E-state index is -1.33. The van der Waals surface area contributed by atoms with Crippen molar-refractivity contribution in [3.63, 3.8) is 0 Å². The van der Waals surface area contributed by atoms with Gasteiger partial charge in [-0.1, -0.05) is 18.2 Å². The fraction of sp³-hybridized carbons (Fsp3) is 0. The van der Waals surface area contributed by atoms with Crippen LogP contribution in [0.25, 0.3) is 0 Å². The highest BCUT2D eigenvalue weighted by molar-refractivity contribution is 5.86. The molecule has 69 valence electrons. The lowest BCUT2D eigenvalue weighted by Crippen LogP contribution is -2.03. The number of rotatable bonds is 1.